The Hall–Kier alpha value is -1.39. The molecule has 1 aromatic rings. The molecular weight excluding hydrogens is 252 g/mol. The molecule has 1 saturated heterocycles. The summed E-state index contributed by atoms with van der Waals surface area (Å²) in [6, 6.07) is 10.2. The van der Waals surface area contributed by atoms with E-state index in [1.54, 1.807) is 0 Å². The van der Waals surface area contributed by atoms with Gasteiger partial charge < -0.3 is 9.64 Å². The standard InChI is InChI=1S/C16H24N2O2/c1-17-8-10-18(11-9-17)13-15(16(19)20-2)12-14-6-4-3-5-7-14/h3-7,15H,8-13H2,1-2H3. The van der Waals surface area contributed by atoms with Crippen molar-refractivity contribution in [3.8, 4) is 0 Å². The van der Waals surface area contributed by atoms with Crippen molar-refractivity contribution < 1.29 is 9.53 Å². The normalized spacial score (nSPS) is 18.7. The number of carbonyl (C=O) groups excluding carboxylic acids is 1. The number of rotatable bonds is 5. The van der Waals surface area contributed by atoms with E-state index < -0.39 is 0 Å². The molecule has 1 aromatic carbocycles. The lowest BCUT2D eigenvalue weighted by atomic mass is 9.98. The highest BCUT2D eigenvalue weighted by molar-refractivity contribution is 5.73. The van der Waals surface area contributed by atoms with Crippen LogP contribution in [-0.4, -0.2) is 62.7 Å². The molecule has 0 aliphatic carbocycles. The zero-order chi connectivity index (χ0) is 14.4. The van der Waals surface area contributed by atoms with E-state index in [-0.39, 0.29) is 11.9 Å². The lowest BCUT2D eigenvalue weighted by molar-refractivity contribution is -0.146. The first-order valence-corrected chi connectivity index (χ1v) is 7.21. The third-order valence-electron chi connectivity index (χ3n) is 3.93. The van der Waals surface area contributed by atoms with Gasteiger partial charge in [0.1, 0.15) is 0 Å². The topological polar surface area (TPSA) is 32.8 Å². The maximum absolute atomic E-state index is 12.0. The second-order valence-corrected chi connectivity index (χ2v) is 5.51. The minimum atomic E-state index is -0.104. The summed E-state index contributed by atoms with van der Waals surface area (Å²) in [7, 11) is 3.61. The van der Waals surface area contributed by atoms with Gasteiger partial charge in [0.2, 0.25) is 0 Å². The van der Waals surface area contributed by atoms with Crippen LogP contribution >= 0.6 is 0 Å². The molecule has 0 amide bonds. The second-order valence-electron chi connectivity index (χ2n) is 5.51. The van der Waals surface area contributed by atoms with Gasteiger partial charge in [-0.25, -0.2) is 0 Å². The van der Waals surface area contributed by atoms with E-state index in [0.29, 0.717) is 0 Å². The van der Waals surface area contributed by atoms with Crippen LogP contribution in [0.1, 0.15) is 5.56 Å². The van der Waals surface area contributed by atoms with Crippen LogP contribution in [0.3, 0.4) is 0 Å². The molecule has 110 valence electrons. The maximum Gasteiger partial charge on any atom is 0.310 e. The number of esters is 1. The molecule has 1 atom stereocenters. The van der Waals surface area contributed by atoms with Gasteiger partial charge in [0.05, 0.1) is 13.0 Å². The molecule has 1 fully saturated rings. The molecule has 2 rings (SSSR count). The second kappa shape index (κ2) is 7.41. The van der Waals surface area contributed by atoms with Gasteiger partial charge >= 0.3 is 5.97 Å². The molecule has 0 N–H and O–H groups in total. The molecule has 4 nitrogen and oxygen atoms in total. The molecule has 1 unspecified atom stereocenters. The third kappa shape index (κ3) is 4.32. The van der Waals surface area contributed by atoms with Gasteiger partial charge in [-0.15, -0.1) is 0 Å². The van der Waals surface area contributed by atoms with Crippen LogP contribution in [0, 0.1) is 5.92 Å². The molecule has 0 radical (unpaired) electrons. The van der Waals surface area contributed by atoms with Crippen molar-refractivity contribution in [3.63, 3.8) is 0 Å². The van der Waals surface area contributed by atoms with E-state index in [1.165, 1.54) is 12.7 Å². The highest BCUT2D eigenvalue weighted by atomic mass is 16.5. The summed E-state index contributed by atoms with van der Waals surface area (Å²) in [5.41, 5.74) is 1.19. The Balaban J connectivity index is 1.95. The van der Waals surface area contributed by atoms with Crippen LogP contribution in [0.5, 0.6) is 0 Å². The first-order valence-electron chi connectivity index (χ1n) is 7.21. The Bertz CT molecular complexity index is 414. The summed E-state index contributed by atoms with van der Waals surface area (Å²) >= 11 is 0. The van der Waals surface area contributed by atoms with Crippen molar-refractivity contribution in [2.24, 2.45) is 5.92 Å². The van der Waals surface area contributed by atoms with Gasteiger partial charge in [-0.05, 0) is 19.0 Å². The largest absolute Gasteiger partial charge is 0.469 e. The molecule has 4 heteroatoms. The minimum absolute atomic E-state index is 0.0780. The number of carbonyl (C=O) groups is 1. The van der Waals surface area contributed by atoms with Gasteiger partial charge in [-0.2, -0.15) is 0 Å². The molecular formula is C16H24N2O2. The van der Waals surface area contributed by atoms with Crippen molar-refractivity contribution in [2.75, 3.05) is 46.9 Å². The van der Waals surface area contributed by atoms with E-state index in [4.69, 9.17) is 4.74 Å². The molecule has 1 aliphatic rings. The third-order valence-corrected chi connectivity index (χ3v) is 3.93. The van der Waals surface area contributed by atoms with Gasteiger partial charge in [0.25, 0.3) is 0 Å². The summed E-state index contributed by atoms with van der Waals surface area (Å²) < 4.78 is 4.97. The fourth-order valence-electron chi connectivity index (χ4n) is 2.63. The first-order chi connectivity index (χ1) is 9.69. The van der Waals surface area contributed by atoms with Gasteiger partial charge in [0.15, 0.2) is 0 Å². The fraction of sp³-hybridized carbons (Fsp3) is 0.562. The van der Waals surface area contributed by atoms with Crippen molar-refractivity contribution in [1.82, 2.24) is 9.80 Å². The Morgan fingerprint density at radius 3 is 2.45 bits per heavy atom. The number of ether oxygens (including phenoxy) is 1. The van der Waals surface area contributed by atoms with E-state index in [0.717, 1.165) is 39.1 Å². The monoisotopic (exact) mass is 276 g/mol. The lowest BCUT2D eigenvalue weighted by Gasteiger charge is -2.34. The number of methoxy groups -OCH3 is 1. The highest BCUT2D eigenvalue weighted by Crippen LogP contribution is 2.13. The van der Waals surface area contributed by atoms with E-state index in [1.807, 2.05) is 18.2 Å². The van der Waals surface area contributed by atoms with E-state index >= 15 is 0 Å². The fourth-order valence-corrected chi connectivity index (χ4v) is 2.63. The van der Waals surface area contributed by atoms with Crippen LogP contribution in [0.15, 0.2) is 30.3 Å². The van der Waals surface area contributed by atoms with Crippen molar-refractivity contribution in [1.29, 1.82) is 0 Å². The number of piperazine rings is 1. The van der Waals surface area contributed by atoms with E-state index in [9.17, 15) is 4.79 Å². The summed E-state index contributed by atoms with van der Waals surface area (Å²) in [4.78, 5) is 16.7. The molecule has 0 bridgehead atoms. The Morgan fingerprint density at radius 1 is 1.20 bits per heavy atom. The average molecular weight is 276 g/mol. The predicted octanol–water partition coefficient (Wildman–Crippen LogP) is 1.27. The van der Waals surface area contributed by atoms with Crippen molar-refractivity contribution in [3.05, 3.63) is 35.9 Å². The van der Waals surface area contributed by atoms with Crippen LogP contribution in [0.4, 0.5) is 0 Å². The number of benzene rings is 1. The number of nitrogens with zero attached hydrogens (tertiary/aromatic N) is 2. The number of hydrogen-bond acceptors (Lipinski definition) is 4. The zero-order valence-electron chi connectivity index (χ0n) is 12.4. The van der Waals surface area contributed by atoms with Crippen molar-refractivity contribution in [2.45, 2.75) is 6.42 Å². The summed E-state index contributed by atoms with van der Waals surface area (Å²) in [6.45, 7) is 4.98. The Kier molecular flexibility index (Phi) is 5.56. The summed E-state index contributed by atoms with van der Waals surface area (Å²) in [6.07, 6.45) is 0.750. The van der Waals surface area contributed by atoms with Crippen molar-refractivity contribution >= 4 is 5.97 Å². The van der Waals surface area contributed by atoms with Crippen LogP contribution in [0.2, 0.25) is 0 Å². The first kappa shape index (κ1) is 15.0. The van der Waals surface area contributed by atoms with Crippen LogP contribution < -0.4 is 0 Å². The highest BCUT2D eigenvalue weighted by Gasteiger charge is 2.24. The van der Waals surface area contributed by atoms with Gasteiger partial charge in [-0.1, -0.05) is 30.3 Å². The smallest absolute Gasteiger partial charge is 0.310 e. The SMILES string of the molecule is COC(=O)C(Cc1ccccc1)CN1CCN(C)CC1. The zero-order valence-corrected chi connectivity index (χ0v) is 12.4. The molecule has 0 aromatic heterocycles. The molecule has 0 saturated carbocycles. The quantitative estimate of drug-likeness (QED) is 0.758. The van der Waals surface area contributed by atoms with Crippen LogP contribution in [-0.2, 0) is 16.0 Å². The Morgan fingerprint density at radius 2 is 1.85 bits per heavy atom. The molecule has 20 heavy (non-hydrogen) atoms. The molecule has 1 heterocycles. The van der Waals surface area contributed by atoms with E-state index in [2.05, 4.69) is 29.0 Å². The summed E-state index contributed by atoms with van der Waals surface area (Å²) in [5, 5.41) is 0. The predicted molar refractivity (Wildman–Crippen MR) is 79.6 cm³/mol. The van der Waals surface area contributed by atoms with Gasteiger partial charge in [-0.3, -0.25) is 9.69 Å². The maximum atomic E-state index is 12.0. The number of likely N-dealkylation sites (N-methyl/N-ethyl adjacent to an activating group) is 1. The minimum Gasteiger partial charge on any atom is -0.469 e. The lowest BCUT2D eigenvalue weighted by Crippen LogP contribution is -2.47. The molecule has 0 spiro atoms. The van der Waals surface area contributed by atoms with Crippen LogP contribution in [0.25, 0.3) is 0 Å². The Labute approximate surface area is 121 Å². The average Bonchev–Trinajstić information content (AvgIpc) is 2.49. The molecule has 1 aliphatic heterocycles. The number of hydrogen-bond donors (Lipinski definition) is 0. The summed E-state index contributed by atoms with van der Waals surface area (Å²) in [5.74, 6) is -0.182. The van der Waals surface area contributed by atoms with Gasteiger partial charge in [0, 0.05) is 32.7 Å².